The molecule has 94 valence electrons. The van der Waals surface area contributed by atoms with Crippen LogP contribution in [0.1, 0.15) is 25.6 Å². The molecule has 1 aliphatic rings. The van der Waals surface area contributed by atoms with Gasteiger partial charge in [-0.1, -0.05) is 11.6 Å². The van der Waals surface area contributed by atoms with Crippen molar-refractivity contribution >= 4 is 34.2 Å². The zero-order valence-electron chi connectivity index (χ0n) is 9.58. The van der Waals surface area contributed by atoms with Crippen LogP contribution in [0.3, 0.4) is 0 Å². The number of aromatic nitrogens is 2. The van der Waals surface area contributed by atoms with Gasteiger partial charge in [0.1, 0.15) is 10.8 Å². The zero-order chi connectivity index (χ0) is 12.3. The minimum absolute atomic E-state index is 0.430. The van der Waals surface area contributed by atoms with Crippen LogP contribution in [0.4, 0.5) is 0 Å². The van der Waals surface area contributed by atoms with E-state index in [1.807, 2.05) is 6.92 Å². The lowest BCUT2D eigenvalue weighted by Crippen LogP contribution is -2.38. The molecule has 1 aliphatic heterocycles. The van der Waals surface area contributed by atoms with Gasteiger partial charge in [0.15, 0.2) is 5.82 Å². The van der Waals surface area contributed by atoms with Crippen molar-refractivity contribution < 1.29 is 9.47 Å². The predicted octanol–water partition coefficient (Wildman–Crippen LogP) is 2.78. The monoisotopic (exact) mass is 368 g/mol. The summed E-state index contributed by atoms with van der Waals surface area (Å²) in [6.45, 7) is 3.96. The number of hydrogen-bond donors (Lipinski definition) is 0. The van der Waals surface area contributed by atoms with Gasteiger partial charge in [-0.25, -0.2) is 9.97 Å². The first-order chi connectivity index (χ1) is 8.18. The van der Waals surface area contributed by atoms with E-state index < -0.39 is 5.60 Å². The average Bonchev–Trinajstić information content (AvgIpc) is 2.34. The van der Waals surface area contributed by atoms with Crippen molar-refractivity contribution in [1.29, 1.82) is 0 Å². The maximum absolute atomic E-state index is 6.05. The van der Waals surface area contributed by atoms with Gasteiger partial charge in [-0.3, -0.25) is 0 Å². The number of nitrogens with zero attached hydrogens (tertiary/aromatic N) is 2. The predicted molar refractivity (Wildman–Crippen MR) is 73.1 cm³/mol. The van der Waals surface area contributed by atoms with E-state index in [1.165, 1.54) is 0 Å². The van der Waals surface area contributed by atoms with Gasteiger partial charge in [-0.2, -0.15) is 0 Å². The Morgan fingerprint density at radius 2 is 2.24 bits per heavy atom. The summed E-state index contributed by atoms with van der Waals surface area (Å²) in [7, 11) is 0. The molecule has 0 radical (unpaired) electrons. The summed E-state index contributed by atoms with van der Waals surface area (Å²) in [6.07, 6.45) is 3.29. The molecule has 1 aromatic heterocycles. The molecule has 0 bridgehead atoms. The minimum atomic E-state index is -0.430. The zero-order valence-corrected chi connectivity index (χ0v) is 12.5. The van der Waals surface area contributed by atoms with Gasteiger partial charge in [-0.15, -0.1) is 0 Å². The molecule has 17 heavy (non-hydrogen) atoms. The van der Waals surface area contributed by atoms with Gasteiger partial charge < -0.3 is 9.47 Å². The lowest BCUT2D eigenvalue weighted by atomic mass is 9.93. The van der Waals surface area contributed by atoms with Crippen LogP contribution >= 0.6 is 34.2 Å². The second-order valence-electron chi connectivity index (χ2n) is 3.87. The summed E-state index contributed by atoms with van der Waals surface area (Å²) in [5.74, 6) is 0.674. The summed E-state index contributed by atoms with van der Waals surface area (Å²) < 4.78 is 12.1. The summed E-state index contributed by atoms with van der Waals surface area (Å²) >= 11 is 8.17. The highest BCUT2D eigenvalue weighted by atomic mass is 127. The molecule has 0 amide bonds. The van der Waals surface area contributed by atoms with Gasteiger partial charge in [0.2, 0.25) is 0 Å². The summed E-state index contributed by atoms with van der Waals surface area (Å²) in [5.41, 5.74) is -0.430. The molecule has 1 fully saturated rings. The fourth-order valence-corrected chi connectivity index (χ4v) is 2.36. The first-order valence-electron chi connectivity index (χ1n) is 5.58. The molecular formula is C11H14ClIN2O2. The Hall–Kier alpha value is 0.0200. The molecule has 0 atom stereocenters. The van der Waals surface area contributed by atoms with Gasteiger partial charge >= 0.3 is 0 Å². The molecule has 6 heteroatoms. The molecule has 1 saturated heterocycles. The maximum atomic E-state index is 6.05. The Bertz CT molecular complexity index is 392. The standard InChI is InChI=1S/C11H14ClIN2O2/c1-2-17-11(3-5-16-6-4-11)10-14-7-8(13)9(12)15-10/h7H,2-6H2,1H3. The van der Waals surface area contributed by atoms with Crippen molar-refractivity contribution in [2.45, 2.75) is 25.4 Å². The van der Waals surface area contributed by atoms with Crippen LogP contribution in [-0.2, 0) is 15.1 Å². The van der Waals surface area contributed by atoms with Crippen molar-refractivity contribution in [3.63, 3.8) is 0 Å². The third-order valence-electron chi connectivity index (χ3n) is 2.83. The maximum Gasteiger partial charge on any atom is 0.162 e. The highest BCUT2D eigenvalue weighted by molar-refractivity contribution is 14.1. The molecule has 2 heterocycles. The summed E-state index contributed by atoms with van der Waals surface area (Å²) in [4.78, 5) is 8.72. The Labute approximate surface area is 119 Å². The first kappa shape index (κ1) is 13.5. The van der Waals surface area contributed by atoms with E-state index in [2.05, 4.69) is 32.6 Å². The van der Waals surface area contributed by atoms with Crippen LogP contribution in [0.15, 0.2) is 6.20 Å². The number of ether oxygens (including phenoxy) is 2. The van der Waals surface area contributed by atoms with Crippen molar-refractivity contribution in [3.05, 3.63) is 20.7 Å². The van der Waals surface area contributed by atoms with E-state index in [0.29, 0.717) is 30.8 Å². The second-order valence-corrected chi connectivity index (χ2v) is 5.39. The molecule has 0 unspecified atom stereocenters. The fraction of sp³-hybridized carbons (Fsp3) is 0.636. The van der Waals surface area contributed by atoms with Gasteiger partial charge in [-0.05, 0) is 29.5 Å². The van der Waals surface area contributed by atoms with Gasteiger partial charge in [0.25, 0.3) is 0 Å². The largest absolute Gasteiger partial charge is 0.381 e. The Kier molecular flexibility index (Phi) is 4.57. The highest BCUT2D eigenvalue weighted by Gasteiger charge is 2.38. The molecule has 0 spiro atoms. The van der Waals surface area contributed by atoms with Crippen LogP contribution in [0, 0.1) is 3.57 Å². The number of rotatable bonds is 3. The van der Waals surface area contributed by atoms with Crippen LogP contribution in [0.5, 0.6) is 0 Å². The quantitative estimate of drug-likeness (QED) is 0.608. The molecule has 2 rings (SSSR count). The van der Waals surface area contributed by atoms with E-state index in [0.717, 1.165) is 16.4 Å². The molecule has 0 aromatic carbocycles. The normalized spacial score (nSPS) is 19.2. The van der Waals surface area contributed by atoms with E-state index in [9.17, 15) is 0 Å². The average molecular weight is 369 g/mol. The van der Waals surface area contributed by atoms with Crippen molar-refractivity contribution in [3.8, 4) is 0 Å². The van der Waals surface area contributed by atoms with E-state index in [-0.39, 0.29) is 0 Å². The highest BCUT2D eigenvalue weighted by Crippen LogP contribution is 2.34. The second kappa shape index (κ2) is 5.77. The molecule has 0 N–H and O–H groups in total. The molecule has 0 saturated carbocycles. The van der Waals surface area contributed by atoms with Crippen LogP contribution in [-0.4, -0.2) is 29.8 Å². The van der Waals surface area contributed by atoms with Crippen molar-refractivity contribution in [1.82, 2.24) is 9.97 Å². The third-order valence-corrected chi connectivity index (χ3v) is 4.23. The fourth-order valence-electron chi connectivity index (χ4n) is 1.98. The first-order valence-corrected chi connectivity index (χ1v) is 7.04. The Morgan fingerprint density at radius 3 is 2.82 bits per heavy atom. The van der Waals surface area contributed by atoms with Gasteiger partial charge in [0, 0.05) is 38.9 Å². The van der Waals surface area contributed by atoms with Crippen LogP contribution in [0.2, 0.25) is 5.15 Å². The van der Waals surface area contributed by atoms with Gasteiger partial charge in [0.05, 0.1) is 3.57 Å². The Balaban J connectivity index is 2.34. The molecule has 0 aliphatic carbocycles. The Morgan fingerprint density at radius 1 is 1.53 bits per heavy atom. The molecule has 1 aromatic rings. The van der Waals surface area contributed by atoms with E-state index >= 15 is 0 Å². The minimum Gasteiger partial charge on any atom is -0.381 e. The van der Waals surface area contributed by atoms with E-state index in [4.69, 9.17) is 21.1 Å². The van der Waals surface area contributed by atoms with Crippen molar-refractivity contribution in [2.24, 2.45) is 0 Å². The number of halogens is 2. The summed E-state index contributed by atoms with van der Waals surface area (Å²) in [5, 5.41) is 0.487. The van der Waals surface area contributed by atoms with Crippen LogP contribution < -0.4 is 0 Å². The number of hydrogen-bond acceptors (Lipinski definition) is 4. The molecular weight excluding hydrogens is 354 g/mol. The smallest absolute Gasteiger partial charge is 0.162 e. The lowest BCUT2D eigenvalue weighted by Gasteiger charge is -2.35. The SMILES string of the molecule is CCOC1(c2ncc(I)c(Cl)n2)CCOCC1. The van der Waals surface area contributed by atoms with E-state index in [1.54, 1.807) is 6.20 Å². The van der Waals surface area contributed by atoms with Crippen LogP contribution in [0.25, 0.3) is 0 Å². The lowest BCUT2D eigenvalue weighted by molar-refractivity contribution is -0.117. The third kappa shape index (κ3) is 2.89. The topological polar surface area (TPSA) is 44.2 Å². The summed E-state index contributed by atoms with van der Waals surface area (Å²) in [6, 6.07) is 0. The molecule has 4 nitrogen and oxygen atoms in total. The van der Waals surface area contributed by atoms with Crippen molar-refractivity contribution in [2.75, 3.05) is 19.8 Å².